The van der Waals surface area contributed by atoms with Gasteiger partial charge < -0.3 is 15.1 Å². The fraction of sp³-hybridized carbons (Fsp3) is 0. The summed E-state index contributed by atoms with van der Waals surface area (Å²) in [5.41, 5.74) is 0. The molecule has 57 valence electrons. The zero-order valence-corrected chi connectivity index (χ0v) is 7.27. The summed E-state index contributed by atoms with van der Waals surface area (Å²) in [5, 5.41) is 21.5. The van der Waals surface area contributed by atoms with Crippen molar-refractivity contribution in [3.8, 4) is 0 Å². The van der Waals surface area contributed by atoms with Crippen molar-refractivity contribution < 1.29 is 82.2 Å². The second kappa shape index (κ2) is 15.7. The van der Waals surface area contributed by atoms with Crippen molar-refractivity contribution in [2.24, 2.45) is 0 Å². The van der Waals surface area contributed by atoms with Gasteiger partial charge in [0, 0.05) is 67.1 Å². The van der Waals surface area contributed by atoms with Gasteiger partial charge in [-0.25, -0.2) is 0 Å². The zero-order chi connectivity index (χ0) is 3.58. The second-order valence-corrected chi connectivity index (χ2v) is 0.346. The van der Waals surface area contributed by atoms with Crippen molar-refractivity contribution in [1.29, 1.82) is 0 Å². The van der Waals surface area contributed by atoms with E-state index in [1.165, 1.54) is 0 Å². The van der Waals surface area contributed by atoms with Gasteiger partial charge in [0.2, 0.25) is 0 Å². The van der Waals surface area contributed by atoms with Gasteiger partial charge in [-0.05, 0) is 0 Å². The summed E-state index contributed by atoms with van der Waals surface area (Å²) in [6.07, 6.45) is 0. The molecule has 0 aromatic rings. The van der Waals surface area contributed by atoms with Crippen LogP contribution in [0.4, 0.5) is 0 Å². The van der Waals surface area contributed by atoms with E-state index in [9.17, 15) is 0 Å². The van der Waals surface area contributed by atoms with E-state index in [-0.39, 0.29) is 67.1 Å². The van der Waals surface area contributed by atoms with E-state index in [1.54, 1.807) is 0 Å². The summed E-state index contributed by atoms with van der Waals surface area (Å²) < 4.78 is 0. The molecule has 0 amide bonds. The van der Waals surface area contributed by atoms with E-state index >= 15 is 0 Å². The summed E-state index contributed by atoms with van der Waals surface area (Å²) in [4.78, 5) is 0. The van der Waals surface area contributed by atoms with Crippen molar-refractivity contribution >= 4 is 7.32 Å². The molecular formula is H3Ag3BO3. The Labute approximate surface area is 88.6 Å². The third kappa shape index (κ3) is 66.2. The molecule has 0 unspecified atom stereocenters. The van der Waals surface area contributed by atoms with E-state index in [0.29, 0.717) is 0 Å². The molecule has 7 heteroatoms. The Bertz CT molecular complexity index is 14.9. The van der Waals surface area contributed by atoms with Crippen LogP contribution in [0, 0.1) is 0 Å². The summed E-state index contributed by atoms with van der Waals surface area (Å²) in [7, 11) is -2.17. The molecule has 0 rings (SSSR count). The first-order chi connectivity index (χ1) is 1.73. The minimum Gasteiger partial charge on any atom is -0.402 e. The molecule has 3 nitrogen and oxygen atoms in total. The van der Waals surface area contributed by atoms with Gasteiger partial charge >= 0.3 is 7.32 Å². The summed E-state index contributed by atoms with van der Waals surface area (Å²) >= 11 is 0. The van der Waals surface area contributed by atoms with Crippen molar-refractivity contribution in [2.75, 3.05) is 0 Å². The number of hydrogen-bond donors (Lipinski definition) is 3. The van der Waals surface area contributed by atoms with Crippen LogP contribution in [0.5, 0.6) is 0 Å². The van der Waals surface area contributed by atoms with Crippen molar-refractivity contribution in [3.05, 3.63) is 0 Å². The third-order valence-electron chi connectivity index (χ3n) is 0. The second-order valence-electron chi connectivity index (χ2n) is 0.346. The van der Waals surface area contributed by atoms with Gasteiger partial charge in [0.15, 0.2) is 0 Å². The van der Waals surface area contributed by atoms with Gasteiger partial charge in [-0.2, -0.15) is 0 Å². The van der Waals surface area contributed by atoms with Crippen molar-refractivity contribution in [1.82, 2.24) is 0 Å². The first-order valence-corrected chi connectivity index (χ1v) is 0.775. The first kappa shape index (κ1) is 22.9. The maximum Gasteiger partial charge on any atom is 0.631 e. The minimum atomic E-state index is -2.17. The van der Waals surface area contributed by atoms with Crippen molar-refractivity contribution in [2.45, 2.75) is 0 Å². The van der Waals surface area contributed by atoms with Crippen LogP contribution in [-0.2, 0) is 67.1 Å². The van der Waals surface area contributed by atoms with E-state index in [4.69, 9.17) is 15.1 Å². The Balaban J connectivity index is -0.0000000150. The normalized spacial score (nSPS) is 3.86. The smallest absolute Gasteiger partial charge is 0.402 e. The molecule has 0 bridgehead atoms. The fourth-order valence-electron chi connectivity index (χ4n) is 0. The molecule has 0 aliphatic heterocycles. The van der Waals surface area contributed by atoms with Crippen LogP contribution in [-0.4, -0.2) is 22.4 Å². The van der Waals surface area contributed by atoms with E-state index in [0.717, 1.165) is 0 Å². The SMILES string of the molecule is OB(O)O.[Ag].[Ag].[Ag]. The summed E-state index contributed by atoms with van der Waals surface area (Å²) in [6, 6.07) is 0. The molecule has 0 saturated carbocycles. The van der Waals surface area contributed by atoms with Crippen LogP contribution < -0.4 is 0 Å². The molecule has 0 atom stereocenters. The molecule has 0 saturated heterocycles. The van der Waals surface area contributed by atoms with Gasteiger partial charge in [-0.3, -0.25) is 0 Å². The Morgan fingerprint density at radius 3 is 0.714 bits per heavy atom. The first-order valence-electron chi connectivity index (χ1n) is 0.775. The van der Waals surface area contributed by atoms with Crippen LogP contribution in [0.1, 0.15) is 0 Å². The average Bonchev–Trinajstić information content (AvgIpc) is 0.811. The largest absolute Gasteiger partial charge is 0.631 e. The molecule has 0 fully saturated rings. The third-order valence-corrected chi connectivity index (χ3v) is 0. The topological polar surface area (TPSA) is 60.7 Å². The van der Waals surface area contributed by atoms with Crippen LogP contribution in [0.25, 0.3) is 0 Å². The zero-order valence-electron chi connectivity index (χ0n) is 2.82. The van der Waals surface area contributed by atoms with Gasteiger partial charge in [0.05, 0.1) is 0 Å². The molecule has 7 heavy (non-hydrogen) atoms. The molecule has 0 aromatic carbocycles. The van der Waals surface area contributed by atoms with Gasteiger partial charge in [-0.1, -0.05) is 0 Å². The molecule has 0 aliphatic carbocycles. The van der Waals surface area contributed by atoms with Crippen LogP contribution in [0.15, 0.2) is 0 Å². The Hall–Kier alpha value is 2.17. The molecule has 0 aliphatic rings. The fourth-order valence-corrected chi connectivity index (χ4v) is 0. The van der Waals surface area contributed by atoms with Crippen LogP contribution >= 0.6 is 0 Å². The molecule has 0 aromatic heterocycles. The maximum atomic E-state index is 7.17. The summed E-state index contributed by atoms with van der Waals surface area (Å²) in [5.74, 6) is 0. The molecule has 0 spiro atoms. The number of rotatable bonds is 0. The predicted molar refractivity (Wildman–Crippen MR) is 12.4 cm³/mol. The van der Waals surface area contributed by atoms with E-state index in [1.807, 2.05) is 0 Å². The van der Waals surface area contributed by atoms with Gasteiger partial charge in [0.25, 0.3) is 0 Å². The Morgan fingerprint density at radius 2 is 0.714 bits per heavy atom. The van der Waals surface area contributed by atoms with Crippen LogP contribution in [0.2, 0.25) is 0 Å². The van der Waals surface area contributed by atoms with Crippen molar-refractivity contribution in [3.63, 3.8) is 0 Å². The van der Waals surface area contributed by atoms with Gasteiger partial charge in [0.1, 0.15) is 0 Å². The number of hydrogen-bond acceptors (Lipinski definition) is 3. The molecule has 3 N–H and O–H groups in total. The maximum absolute atomic E-state index is 7.17. The minimum absolute atomic E-state index is 0. The summed E-state index contributed by atoms with van der Waals surface area (Å²) in [6.45, 7) is 0. The van der Waals surface area contributed by atoms with Gasteiger partial charge in [-0.15, -0.1) is 0 Å². The van der Waals surface area contributed by atoms with E-state index < -0.39 is 7.32 Å². The predicted octanol–water partition coefficient (Wildman–Crippen LogP) is -2.06. The standard InChI is InChI=1S/3Ag.BH3O3/c;;;2-1(3)4/h;;;2-4H. The molecule has 0 heterocycles. The van der Waals surface area contributed by atoms with Crippen LogP contribution in [0.3, 0.4) is 0 Å². The average molecular weight is 385 g/mol. The van der Waals surface area contributed by atoms with E-state index in [2.05, 4.69) is 0 Å². The molecule has 3 radical (unpaired) electrons. The Kier molecular flexibility index (Phi) is 51.4. The monoisotopic (exact) mass is 383 g/mol. The quantitative estimate of drug-likeness (QED) is 0.421. The molecular weight excluding hydrogens is 382 g/mol. The Morgan fingerprint density at radius 1 is 0.714 bits per heavy atom.